The van der Waals surface area contributed by atoms with Crippen molar-refractivity contribution >= 4 is 33.9 Å². The van der Waals surface area contributed by atoms with Gasteiger partial charge in [0.05, 0.1) is 12.5 Å². The average molecular weight is 353 g/mol. The highest BCUT2D eigenvalue weighted by molar-refractivity contribution is 9.10. The lowest BCUT2D eigenvalue weighted by Gasteiger charge is -2.08. The molecule has 0 fully saturated rings. The van der Waals surface area contributed by atoms with Gasteiger partial charge in [-0.1, -0.05) is 15.9 Å². The highest BCUT2D eigenvalue weighted by Crippen LogP contribution is 2.23. The average Bonchev–Trinajstić information content (AvgIpc) is 2.45. The highest BCUT2D eigenvalue weighted by Gasteiger charge is 2.04. The molecule has 110 valence electrons. The van der Waals surface area contributed by atoms with Crippen molar-refractivity contribution in [2.24, 2.45) is 0 Å². The zero-order valence-electron chi connectivity index (χ0n) is 11.0. The molecule has 21 heavy (non-hydrogen) atoms. The molecule has 7 heteroatoms. The van der Waals surface area contributed by atoms with Gasteiger partial charge in [0.1, 0.15) is 5.75 Å². The van der Waals surface area contributed by atoms with Crippen LogP contribution >= 0.6 is 15.9 Å². The second-order valence-electron chi connectivity index (χ2n) is 3.90. The van der Waals surface area contributed by atoms with Crippen LogP contribution in [-0.4, -0.2) is 30.1 Å². The maximum Gasteiger partial charge on any atom is 0.328 e. The van der Waals surface area contributed by atoms with Gasteiger partial charge in [-0.15, -0.1) is 0 Å². The number of carbonyl (C=O) groups is 2. The topological polar surface area (TPSA) is 99.4 Å². The fourth-order valence-electron chi connectivity index (χ4n) is 1.36. The molecule has 0 unspecified atom stereocenters. The highest BCUT2D eigenvalue weighted by atomic mass is 79.9. The fourth-order valence-corrected chi connectivity index (χ4v) is 1.74. The fraction of sp³-hybridized carbons (Fsp3) is 0.214. The molecule has 1 rings (SSSR count). The molecule has 0 spiro atoms. The number of benzene rings is 1. The molecule has 1 amide bonds. The minimum absolute atomic E-state index is 0.171. The van der Waals surface area contributed by atoms with E-state index in [-0.39, 0.29) is 25.5 Å². The number of aliphatic carboxylic acids is 1. The van der Waals surface area contributed by atoms with Gasteiger partial charge in [-0.05, 0) is 29.8 Å². The Balaban J connectivity index is 2.60. The van der Waals surface area contributed by atoms with Crippen LogP contribution in [0.1, 0.15) is 12.0 Å². The summed E-state index contributed by atoms with van der Waals surface area (Å²) in [6, 6.07) is 6.89. The Morgan fingerprint density at radius 3 is 2.90 bits per heavy atom. The molecule has 0 aromatic heterocycles. The van der Waals surface area contributed by atoms with E-state index in [1.54, 1.807) is 18.2 Å². The number of carbonyl (C=O) groups excluding carboxylic acids is 1. The van der Waals surface area contributed by atoms with Gasteiger partial charge in [-0.2, -0.15) is 5.26 Å². The molecular formula is C14H13BrN2O4. The van der Waals surface area contributed by atoms with Gasteiger partial charge >= 0.3 is 5.97 Å². The third-order valence-electron chi connectivity index (χ3n) is 2.30. The van der Waals surface area contributed by atoms with E-state index in [0.29, 0.717) is 15.8 Å². The summed E-state index contributed by atoms with van der Waals surface area (Å²) in [6.07, 6.45) is 2.68. The van der Waals surface area contributed by atoms with Crippen LogP contribution in [0.15, 0.2) is 28.7 Å². The summed E-state index contributed by atoms with van der Waals surface area (Å²) in [5.74, 6) is -0.931. The van der Waals surface area contributed by atoms with Gasteiger partial charge in [0, 0.05) is 17.1 Å². The first-order valence-corrected chi connectivity index (χ1v) is 6.79. The number of carboxylic acid groups (broad SMARTS) is 1. The molecule has 0 aliphatic carbocycles. The van der Waals surface area contributed by atoms with E-state index < -0.39 is 5.97 Å². The van der Waals surface area contributed by atoms with E-state index in [1.165, 1.54) is 6.08 Å². The molecule has 0 radical (unpaired) electrons. The summed E-state index contributed by atoms with van der Waals surface area (Å²) in [7, 11) is 0. The first-order valence-electron chi connectivity index (χ1n) is 6.00. The number of ether oxygens (including phenoxy) is 1. The third kappa shape index (κ3) is 6.58. The molecule has 6 nitrogen and oxygen atoms in total. The number of nitrogens with one attached hydrogen (secondary N) is 1. The predicted molar refractivity (Wildman–Crippen MR) is 79.5 cm³/mol. The predicted octanol–water partition coefficient (Wildman–Crippen LogP) is 1.96. The van der Waals surface area contributed by atoms with Crippen LogP contribution in [0.4, 0.5) is 0 Å². The van der Waals surface area contributed by atoms with E-state index in [9.17, 15) is 9.59 Å². The molecule has 0 aliphatic rings. The van der Waals surface area contributed by atoms with E-state index in [1.807, 2.05) is 6.07 Å². The van der Waals surface area contributed by atoms with Crippen molar-refractivity contribution in [2.75, 3.05) is 13.2 Å². The van der Waals surface area contributed by atoms with Crippen molar-refractivity contribution < 1.29 is 19.4 Å². The van der Waals surface area contributed by atoms with Gasteiger partial charge in [0.2, 0.25) is 0 Å². The van der Waals surface area contributed by atoms with Crippen LogP contribution in [0.5, 0.6) is 5.75 Å². The van der Waals surface area contributed by atoms with Gasteiger partial charge in [0.25, 0.3) is 5.91 Å². The summed E-state index contributed by atoms with van der Waals surface area (Å²) in [5.41, 5.74) is 0.625. The molecule has 0 heterocycles. The lowest BCUT2D eigenvalue weighted by Crippen LogP contribution is -2.29. The number of carboxylic acids is 1. The molecule has 0 saturated carbocycles. The van der Waals surface area contributed by atoms with Crippen LogP contribution in [0.2, 0.25) is 0 Å². The molecule has 0 atom stereocenters. The second kappa shape index (κ2) is 8.76. The molecule has 0 bridgehead atoms. The quantitative estimate of drug-likeness (QED) is 0.577. The summed E-state index contributed by atoms with van der Waals surface area (Å²) >= 11 is 3.29. The van der Waals surface area contributed by atoms with Crippen LogP contribution in [-0.2, 0) is 9.59 Å². The summed E-state index contributed by atoms with van der Waals surface area (Å²) < 4.78 is 6.02. The Labute approximate surface area is 130 Å². The Kier molecular flexibility index (Phi) is 6.98. The minimum Gasteiger partial charge on any atom is -0.484 e. The first-order chi connectivity index (χ1) is 10.0. The Morgan fingerprint density at radius 2 is 2.24 bits per heavy atom. The maximum absolute atomic E-state index is 11.4. The van der Waals surface area contributed by atoms with Crippen molar-refractivity contribution in [2.45, 2.75) is 6.42 Å². The van der Waals surface area contributed by atoms with Crippen LogP contribution in [0, 0.1) is 11.3 Å². The van der Waals surface area contributed by atoms with Crippen LogP contribution in [0.3, 0.4) is 0 Å². The monoisotopic (exact) mass is 352 g/mol. The van der Waals surface area contributed by atoms with E-state index >= 15 is 0 Å². The summed E-state index contributed by atoms with van der Waals surface area (Å²) in [5, 5.41) is 19.5. The van der Waals surface area contributed by atoms with Crippen molar-refractivity contribution in [1.82, 2.24) is 5.32 Å². The SMILES string of the molecule is N#CCCNC(=O)COc1ccc(Br)c(/C=C/C(=O)O)c1. The van der Waals surface area contributed by atoms with E-state index in [4.69, 9.17) is 15.1 Å². The second-order valence-corrected chi connectivity index (χ2v) is 4.76. The van der Waals surface area contributed by atoms with Crippen molar-refractivity contribution in [1.29, 1.82) is 5.26 Å². The number of nitrogens with zero attached hydrogens (tertiary/aromatic N) is 1. The number of halogens is 1. The largest absolute Gasteiger partial charge is 0.484 e. The summed E-state index contributed by atoms with van der Waals surface area (Å²) in [6.45, 7) is 0.112. The standard InChI is InChI=1S/C14H13BrN2O4/c15-12-4-3-11(8-10(12)2-5-14(19)20)21-9-13(18)17-7-1-6-16/h2-5,8H,1,7,9H2,(H,17,18)(H,19,20)/b5-2+. The van der Waals surface area contributed by atoms with E-state index in [0.717, 1.165) is 6.08 Å². The zero-order chi connectivity index (χ0) is 15.7. The lowest BCUT2D eigenvalue weighted by atomic mass is 10.2. The molecule has 2 N–H and O–H groups in total. The number of nitriles is 1. The van der Waals surface area contributed by atoms with Gasteiger partial charge in [0.15, 0.2) is 6.61 Å². The molecular weight excluding hydrogens is 340 g/mol. The first kappa shape index (κ1) is 16.7. The normalized spacial score (nSPS) is 10.1. The van der Waals surface area contributed by atoms with Crippen LogP contribution < -0.4 is 10.1 Å². The van der Waals surface area contributed by atoms with Crippen LogP contribution in [0.25, 0.3) is 6.08 Å². The minimum atomic E-state index is -1.05. The lowest BCUT2D eigenvalue weighted by molar-refractivity contribution is -0.131. The van der Waals surface area contributed by atoms with E-state index in [2.05, 4.69) is 21.2 Å². The van der Waals surface area contributed by atoms with Crippen molar-refractivity contribution in [3.63, 3.8) is 0 Å². The number of hydrogen-bond donors (Lipinski definition) is 2. The Bertz CT molecular complexity index is 593. The molecule has 1 aromatic carbocycles. The molecule has 0 aliphatic heterocycles. The zero-order valence-corrected chi connectivity index (χ0v) is 12.6. The number of amides is 1. The summed E-state index contributed by atoms with van der Waals surface area (Å²) in [4.78, 5) is 21.9. The third-order valence-corrected chi connectivity index (χ3v) is 3.02. The van der Waals surface area contributed by atoms with Crippen molar-refractivity contribution in [3.8, 4) is 11.8 Å². The Hall–Kier alpha value is -2.33. The van der Waals surface area contributed by atoms with Gasteiger partial charge in [-0.25, -0.2) is 4.79 Å². The number of rotatable bonds is 7. The molecule has 1 aromatic rings. The van der Waals surface area contributed by atoms with Crippen molar-refractivity contribution in [3.05, 3.63) is 34.3 Å². The maximum atomic E-state index is 11.4. The Morgan fingerprint density at radius 1 is 1.48 bits per heavy atom. The number of hydrogen-bond acceptors (Lipinski definition) is 4. The molecule has 0 saturated heterocycles. The van der Waals surface area contributed by atoms with Gasteiger partial charge < -0.3 is 15.2 Å². The smallest absolute Gasteiger partial charge is 0.328 e. The van der Waals surface area contributed by atoms with Gasteiger partial charge in [-0.3, -0.25) is 4.79 Å².